The Kier molecular flexibility index (Phi) is 2.54. The summed E-state index contributed by atoms with van der Waals surface area (Å²) in [6, 6.07) is 7.33. The third-order valence-corrected chi connectivity index (χ3v) is 2.26. The number of aliphatic imine (C=N–C) groups is 1. The number of hydrogen-bond donors (Lipinski definition) is 1. The van der Waals surface area contributed by atoms with E-state index in [9.17, 15) is 9.59 Å². The standard InChI is InChI=1S/C11H9N3O2/c12-11(16)6-14-5-9(13-7-15)8-3-1-2-4-10(8)14/h1-5H,6H2,(H2,12,16). The van der Waals surface area contributed by atoms with E-state index in [4.69, 9.17) is 5.73 Å². The number of aromatic nitrogens is 1. The van der Waals surface area contributed by atoms with E-state index in [1.165, 1.54) is 6.08 Å². The Labute approximate surface area is 91.2 Å². The molecule has 2 aromatic rings. The van der Waals surface area contributed by atoms with E-state index in [0.29, 0.717) is 5.69 Å². The van der Waals surface area contributed by atoms with E-state index in [2.05, 4.69) is 4.99 Å². The van der Waals surface area contributed by atoms with Crippen LogP contribution in [0.4, 0.5) is 5.69 Å². The first-order chi connectivity index (χ1) is 7.72. The summed E-state index contributed by atoms with van der Waals surface area (Å²) >= 11 is 0. The Morgan fingerprint density at radius 3 is 2.88 bits per heavy atom. The van der Waals surface area contributed by atoms with Gasteiger partial charge >= 0.3 is 0 Å². The van der Waals surface area contributed by atoms with Gasteiger partial charge in [0.05, 0.1) is 5.52 Å². The van der Waals surface area contributed by atoms with Gasteiger partial charge in [0.1, 0.15) is 12.2 Å². The van der Waals surface area contributed by atoms with Gasteiger partial charge in [0.2, 0.25) is 12.0 Å². The minimum absolute atomic E-state index is 0.0644. The first-order valence-electron chi connectivity index (χ1n) is 4.66. The molecular weight excluding hydrogens is 206 g/mol. The van der Waals surface area contributed by atoms with Gasteiger partial charge in [-0.25, -0.2) is 4.79 Å². The molecule has 0 saturated carbocycles. The van der Waals surface area contributed by atoms with Crippen LogP contribution in [0, 0.1) is 0 Å². The molecule has 2 N–H and O–H groups in total. The highest BCUT2D eigenvalue weighted by molar-refractivity contribution is 5.93. The summed E-state index contributed by atoms with van der Waals surface area (Å²) in [5.41, 5.74) is 6.44. The SMILES string of the molecule is NC(=O)Cn1cc(N=C=O)c2ccccc21. The normalized spacial score (nSPS) is 10.0. The summed E-state index contributed by atoms with van der Waals surface area (Å²) in [5.74, 6) is -0.442. The summed E-state index contributed by atoms with van der Waals surface area (Å²) in [6.07, 6.45) is 3.10. The highest BCUT2D eigenvalue weighted by Gasteiger charge is 2.08. The number of para-hydroxylation sites is 1. The molecule has 0 aliphatic heterocycles. The molecular formula is C11H9N3O2. The van der Waals surface area contributed by atoms with Crippen molar-refractivity contribution in [3.63, 3.8) is 0 Å². The molecule has 0 aliphatic carbocycles. The molecule has 0 bridgehead atoms. The van der Waals surface area contributed by atoms with E-state index in [1.54, 1.807) is 10.8 Å². The van der Waals surface area contributed by atoms with Gasteiger partial charge in [-0.05, 0) is 6.07 Å². The van der Waals surface area contributed by atoms with Crippen LogP contribution in [0.25, 0.3) is 10.9 Å². The Morgan fingerprint density at radius 1 is 1.44 bits per heavy atom. The van der Waals surface area contributed by atoms with Crippen molar-refractivity contribution in [1.82, 2.24) is 4.57 Å². The lowest BCUT2D eigenvalue weighted by atomic mass is 10.2. The van der Waals surface area contributed by atoms with Crippen LogP contribution in [0.3, 0.4) is 0 Å². The topological polar surface area (TPSA) is 77.5 Å². The predicted octanol–water partition coefficient (Wildman–Crippen LogP) is 1.09. The fourth-order valence-corrected chi connectivity index (χ4v) is 1.66. The number of benzene rings is 1. The van der Waals surface area contributed by atoms with Gasteiger partial charge in [-0.3, -0.25) is 4.79 Å². The monoisotopic (exact) mass is 215 g/mol. The second-order valence-corrected chi connectivity index (χ2v) is 3.33. The average molecular weight is 215 g/mol. The summed E-state index contributed by atoms with van der Waals surface area (Å²) in [5, 5.41) is 0.798. The largest absolute Gasteiger partial charge is 0.368 e. The number of nitrogens with two attached hydrogens (primary N) is 1. The van der Waals surface area contributed by atoms with E-state index in [0.717, 1.165) is 10.9 Å². The molecule has 5 heteroatoms. The third kappa shape index (κ3) is 1.71. The summed E-state index contributed by atoms with van der Waals surface area (Å²) in [4.78, 5) is 24.7. The summed E-state index contributed by atoms with van der Waals surface area (Å²) < 4.78 is 1.66. The van der Waals surface area contributed by atoms with Gasteiger partial charge < -0.3 is 10.3 Å². The van der Waals surface area contributed by atoms with Gasteiger partial charge in [0.15, 0.2) is 0 Å². The molecule has 16 heavy (non-hydrogen) atoms. The van der Waals surface area contributed by atoms with Crippen molar-refractivity contribution in [2.24, 2.45) is 10.7 Å². The lowest BCUT2D eigenvalue weighted by molar-refractivity contribution is -0.118. The first-order valence-corrected chi connectivity index (χ1v) is 4.66. The molecule has 80 valence electrons. The number of primary amides is 1. The molecule has 0 fully saturated rings. The highest BCUT2D eigenvalue weighted by Crippen LogP contribution is 2.27. The zero-order valence-electron chi connectivity index (χ0n) is 8.38. The van der Waals surface area contributed by atoms with Crippen LogP contribution in [0.15, 0.2) is 35.5 Å². The lowest BCUT2D eigenvalue weighted by Crippen LogP contribution is -2.17. The van der Waals surface area contributed by atoms with Crippen molar-refractivity contribution < 1.29 is 9.59 Å². The first kappa shape index (κ1) is 10.1. The molecule has 0 saturated heterocycles. The van der Waals surface area contributed by atoms with Crippen molar-refractivity contribution in [3.05, 3.63) is 30.5 Å². The van der Waals surface area contributed by atoms with Crippen LogP contribution in [0.5, 0.6) is 0 Å². The summed E-state index contributed by atoms with van der Waals surface area (Å²) in [6.45, 7) is 0.0644. The maximum Gasteiger partial charge on any atom is 0.240 e. The third-order valence-electron chi connectivity index (χ3n) is 2.26. The predicted molar refractivity (Wildman–Crippen MR) is 58.9 cm³/mol. The Balaban J connectivity index is 2.66. The Bertz CT molecular complexity index is 594. The molecule has 2 rings (SSSR count). The second kappa shape index (κ2) is 4.00. The molecule has 0 spiro atoms. The quantitative estimate of drug-likeness (QED) is 0.614. The van der Waals surface area contributed by atoms with Crippen LogP contribution in [0.2, 0.25) is 0 Å². The van der Waals surface area contributed by atoms with Crippen molar-refractivity contribution in [1.29, 1.82) is 0 Å². The zero-order valence-corrected chi connectivity index (χ0v) is 8.38. The van der Waals surface area contributed by atoms with Crippen LogP contribution in [-0.4, -0.2) is 16.6 Å². The number of rotatable bonds is 3. The Hall–Kier alpha value is -2.39. The maximum atomic E-state index is 10.9. The molecule has 1 aromatic carbocycles. The van der Waals surface area contributed by atoms with Crippen LogP contribution in [0.1, 0.15) is 0 Å². The minimum Gasteiger partial charge on any atom is -0.368 e. The van der Waals surface area contributed by atoms with Crippen molar-refractivity contribution in [3.8, 4) is 0 Å². The number of amides is 1. The van der Waals surface area contributed by atoms with E-state index < -0.39 is 5.91 Å². The fraction of sp³-hybridized carbons (Fsp3) is 0.0909. The number of fused-ring (bicyclic) bond motifs is 1. The van der Waals surface area contributed by atoms with Crippen LogP contribution in [-0.2, 0) is 16.1 Å². The van der Waals surface area contributed by atoms with E-state index in [1.807, 2.05) is 24.3 Å². The van der Waals surface area contributed by atoms with Gasteiger partial charge in [-0.2, -0.15) is 4.99 Å². The van der Waals surface area contributed by atoms with Crippen LogP contribution >= 0.6 is 0 Å². The average Bonchev–Trinajstić information content (AvgIpc) is 2.58. The molecule has 5 nitrogen and oxygen atoms in total. The van der Waals surface area contributed by atoms with Gasteiger partial charge in [0.25, 0.3) is 0 Å². The molecule has 0 radical (unpaired) electrons. The highest BCUT2D eigenvalue weighted by atomic mass is 16.1. The summed E-state index contributed by atoms with van der Waals surface area (Å²) in [7, 11) is 0. The molecule has 0 atom stereocenters. The van der Waals surface area contributed by atoms with Crippen molar-refractivity contribution in [2.45, 2.75) is 6.54 Å². The number of isocyanates is 1. The number of carbonyl (C=O) groups is 1. The smallest absolute Gasteiger partial charge is 0.240 e. The van der Waals surface area contributed by atoms with E-state index >= 15 is 0 Å². The molecule has 0 aliphatic rings. The lowest BCUT2D eigenvalue weighted by Gasteiger charge is -2.00. The van der Waals surface area contributed by atoms with Gasteiger partial charge in [-0.1, -0.05) is 18.2 Å². The van der Waals surface area contributed by atoms with Crippen molar-refractivity contribution in [2.75, 3.05) is 0 Å². The molecule has 1 aromatic heterocycles. The number of carbonyl (C=O) groups excluding carboxylic acids is 2. The molecule has 1 amide bonds. The van der Waals surface area contributed by atoms with Crippen LogP contribution < -0.4 is 5.73 Å². The maximum absolute atomic E-state index is 10.9. The molecule has 0 unspecified atom stereocenters. The second-order valence-electron chi connectivity index (χ2n) is 3.33. The minimum atomic E-state index is -0.442. The molecule has 1 heterocycles. The Morgan fingerprint density at radius 2 is 2.19 bits per heavy atom. The fourth-order valence-electron chi connectivity index (χ4n) is 1.66. The number of nitrogens with zero attached hydrogens (tertiary/aromatic N) is 2. The zero-order chi connectivity index (χ0) is 11.5. The van der Waals surface area contributed by atoms with Gasteiger partial charge in [0, 0.05) is 11.6 Å². The van der Waals surface area contributed by atoms with E-state index in [-0.39, 0.29) is 6.54 Å². The van der Waals surface area contributed by atoms with Gasteiger partial charge in [-0.15, -0.1) is 0 Å². The van der Waals surface area contributed by atoms with Crippen molar-refractivity contribution >= 4 is 28.6 Å². The number of hydrogen-bond acceptors (Lipinski definition) is 3.